The van der Waals surface area contributed by atoms with Crippen molar-refractivity contribution < 1.29 is 19.4 Å². The number of carboxylic acids is 1. The van der Waals surface area contributed by atoms with Gasteiger partial charge in [0.15, 0.2) is 0 Å². The van der Waals surface area contributed by atoms with E-state index in [1.54, 1.807) is 27.7 Å². The van der Waals surface area contributed by atoms with Crippen LogP contribution in [0.1, 0.15) is 60.8 Å². The van der Waals surface area contributed by atoms with Crippen LogP contribution in [0.2, 0.25) is 0 Å². The van der Waals surface area contributed by atoms with Crippen LogP contribution in [0.15, 0.2) is 0 Å². The van der Waals surface area contributed by atoms with E-state index in [9.17, 15) is 9.59 Å². The molecule has 0 aromatic carbocycles. The lowest BCUT2D eigenvalue weighted by Gasteiger charge is -2.24. The Balaban J connectivity index is 0. The molecule has 0 bridgehead atoms. The van der Waals surface area contributed by atoms with Crippen molar-refractivity contribution in [3.8, 4) is 6.07 Å². The van der Waals surface area contributed by atoms with Crippen LogP contribution in [0, 0.1) is 17.2 Å². The zero-order valence-electron chi connectivity index (χ0n) is 15.0. The summed E-state index contributed by atoms with van der Waals surface area (Å²) in [4.78, 5) is 22.3. The van der Waals surface area contributed by atoms with E-state index in [0.717, 1.165) is 6.42 Å². The Bertz CT molecular complexity index is 399. The van der Waals surface area contributed by atoms with Crippen molar-refractivity contribution in [1.29, 1.82) is 5.26 Å². The molecule has 0 heterocycles. The maximum Gasteiger partial charge on any atom is 0.408 e. The normalized spacial score (nSPS) is 14.3. The van der Waals surface area contributed by atoms with Crippen LogP contribution in [-0.4, -0.2) is 34.9 Å². The summed E-state index contributed by atoms with van der Waals surface area (Å²) in [6.07, 6.45) is 1.36. The number of nitrogens with two attached hydrogens (primary N) is 1. The highest BCUT2D eigenvalue weighted by Crippen LogP contribution is 2.11. The molecule has 7 nitrogen and oxygen atoms in total. The molecule has 0 saturated heterocycles. The van der Waals surface area contributed by atoms with E-state index in [1.807, 2.05) is 19.9 Å². The molecule has 1 amide bonds. The molecule has 23 heavy (non-hydrogen) atoms. The van der Waals surface area contributed by atoms with Crippen molar-refractivity contribution in [2.24, 2.45) is 11.7 Å². The monoisotopic (exact) mass is 329 g/mol. The third-order valence-corrected chi connectivity index (χ3v) is 3.03. The molecule has 0 aliphatic heterocycles. The highest BCUT2D eigenvalue weighted by atomic mass is 16.6. The number of alkyl carbamates (subject to hydrolysis) is 1. The Labute approximate surface area is 139 Å². The van der Waals surface area contributed by atoms with Crippen LogP contribution >= 0.6 is 0 Å². The number of amides is 1. The van der Waals surface area contributed by atoms with Gasteiger partial charge >= 0.3 is 12.1 Å². The molecule has 0 aromatic rings. The maximum atomic E-state index is 11.4. The van der Waals surface area contributed by atoms with Crippen LogP contribution in [0.4, 0.5) is 4.79 Å². The predicted molar refractivity (Wildman–Crippen MR) is 88.7 cm³/mol. The van der Waals surface area contributed by atoms with E-state index in [-0.39, 0.29) is 12.0 Å². The average molecular weight is 329 g/mol. The van der Waals surface area contributed by atoms with Gasteiger partial charge in [0, 0.05) is 6.04 Å². The van der Waals surface area contributed by atoms with Gasteiger partial charge in [-0.3, -0.25) is 0 Å². The van der Waals surface area contributed by atoms with Gasteiger partial charge in [0.1, 0.15) is 11.6 Å². The first-order chi connectivity index (χ1) is 10.5. The van der Waals surface area contributed by atoms with Gasteiger partial charge in [0.2, 0.25) is 0 Å². The first kappa shape index (κ1) is 23.5. The molecule has 0 aliphatic rings. The third kappa shape index (κ3) is 13.6. The molecular weight excluding hydrogens is 298 g/mol. The summed E-state index contributed by atoms with van der Waals surface area (Å²) >= 11 is 0. The summed E-state index contributed by atoms with van der Waals surface area (Å²) in [7, 11) is 0. The number of nitrogens with one attached hydrogen (secondary N) is 1. The van der Waals surface area contributed by atoms with Crippen molar-refractivity contribution in [2.75, 3.05) is 0 Å². The number of aliphatic carboxylic acids is 1. The molecular formula is C16H31N3O4. The van der Waals surface area contributed by atoms with Crippen molar-refractivity contribution >= 4 is 12.1 Å². The second-order valence-electron chi connectivity index (χ2n) is 6.38. The number of ether oxygens (including phenoxy) is 1. The zero-order chi connectivity index (χ0) is 18.6. The Kier molecular flexibility index (Phi) is 11.9. The number of hydrogen-bond donors (Lipinski definition) is 3. The number of rotatable bonds is 6. The van der Waals surface area contributed by atoms with Crippen molar-refractivity contribution in [1.82, 2.24) is 5.32 Å². The Morgan fingerprint density at radius 1 is 1.30 bits per heavy atom. The van der Waals surface area contributed by atoms with Gasteiger partial charge in [-0.05, 0) is 33.1 Å². The van der Waals surface area contributed by atoms with E-state index in [4.69, 9.17) is 20.8 Å². The van der Waals surface area contributed by atoms with Crippen LogP contribution in [0.5, 0.6) is 0 Å². The first-order valence-electron chi connectivity index (χ1n) is 7.83. The van der Waals surface area contributed by atoms with Gasteiger partial charge in [-0.25, -0.2) is 9.59 Å². The SMILES string of the molecule is CC[C@@H](N)CC#N.CC[C@H](C)[C@H](NC(=O)OC(C)(C)C)C(=O)O. The molecule has 0 rings (SSSR count). The first-order valence-corrected chi connectivity index (χ1v) is 7.83. The van der Waals surface area contributed by atoms with E-state index in [0.29, 0.717) is 12.8 Å². The lowest BCUT2D eigenvalue weighted by atomic mass is 10.00. The van der Waals surface area contributed by atoms with Gasteiger partial charge in [-0.1, -0.05) is 27.2 Å². The topological polar surface area (TPSA) is 125 Å². The summed E-state index contributed by atoms with van der Waals surface area (Å²) < 4.78 is 5.00. The summed E-state index contributed by atoms with van der Waals surface area (Å²) in [5.41, 5.74) is 4.74. The second-order valence-corrected chi connectivity index (χ2v) is 6.38. The minimum atomic E-state index is -1.04. The highest BCUT2D eigenvalue weighted by molar-refractivity contribution is 5.80. The zero-order valence-corrected chi connectivity index (χ0v) is 15.0. The summed E-state index contributed by atoms with van der Waals surface area (Å²) in [6, 6.07) is 1.18. The van der Waals surface area contributed by atoms with E-state index >= 15 is 0 Å². The van der Waals surface area contributed by atoms with Gasteiger partial charge < -0.3 is 20.9 Å². The van der Waals surface area contributed by atoms with Gasteiger partial charge in [0.05, 0.1) is 12.5 Å². The predicted octanol–water partition coefficient (Wildman–Crippen LogP) is 2.65. The van der Waals surface area contributed by atoms with E-state index in [1.165, 1.54) is 0 Å². The smallest absolute Gasteiger partial charge is 0.408 e. The number of carboxylic acid groups (broad SMARTS) is 1. The van der Waals surface area contributed by atoms with Crippen LogP contribution in [-0.2, 0) is 9.53 Å². The van der Waals surface area contributed by atoms with Crippen molar-refractivity contribution in [3.63, 3.8) is 0 Å². The molecule has 0 aliphatic carbocycles. The van der Waals surface area contributed by atoms with Crippen LogP contribution in [0.3, 0.4) is 0 Å². The molecule has 0 saturated carbocycles. The largest absolute Gasteiger partial charge is 0.480 e. The lowest BCUT2D eigenvalue weighted by molar-refractivity contribution is -0.140. The van der Waals surface area contributed by atoms with E-state index in [2.05, 4.69) is 5.32 Å². The van der Waals surface area contributed by atoms with Gasteiger partial charge in [-0.2, -0.15) is 5.26 Å². The fourth-order valence-corrected chi connectivity index (χ4v) is 1.38. The van der Waals surface area contributed by atoms with E-state index < -0.39 is 23.7 Å². The average Bonchev–Trinajstić information content (AvgIpc) is 2.42. The Morgan fingerprint density at radius 2 is 1.83 bits per heavy atom. The standard InChI is InChI=1S/C11H21NO4.C5H10N2/c1-6-7(2)8(9(13)14)12-10(15)16-11(3,4)5;1-2-5(7)3-4-6/h7-8H,6H2,1-5H3,(H,12,15)(H,13,14);5H,2-3,7H2,1H3/t7-,8-;5-/m01/s1. The Morgan fingerprint density at radius 3 is 2.09 bits per heavy atom. The fraction of sp³-hybridized carbons (Fsp3) is 0.812. The van der Waals surface area contributed by atoms with Gasteiger partial charge in [-0.15, -0.1) is 0 Å². The van der Waals surface area contributed by atoms with Crippen LogP contribution < -0.4 is 11.1 Å². The Hall–Kier alpha value is -1.81. The number of nitriles is 1. The summed E-state index contributed by atoms with van der Waals surface area (Å²) in [6.45, 7) is 10.8. The molecule has 0 unspecified atom stereocenters. The maximum absolute atomic E-state index is 11.4. The minimum Gasteiger partial charge on any atom is -0.480 e. The number of carbonyl (C=O) groups excluding carboxylic acids is 1. The van der Waals surface area contributed by atoms with Crippen molar-refractivity contribution in [2.45, 2.75) is 78.5 Å². The van der Waals surface area contributed by atoms with Gasteiger partial charge in [0.25, 0.3) is 0 Å². The number of carbonyl (C=O) groups is 2. The molecule has 0 aromatic heterocycles. The van der Waals surface area contributed by atoms with Crippen molar-refractivity contribution in [3.05, 3.63) is 0 Å². The fourth-order valence-electron chi connectivity index (χ4n) is 1.38. The quantitative estimate of drug-likeness (QED) is 0.688. The summed E-state index contributed by atoms with van der Waals surface area (Å²) in [5.74, 6) is -1.18. The molecule has 7 heteroatoms. The molecule has 134 valence electrons. The molecule has 0 radical (unpaired) electrons. The molecule has 3 atom stereocenters. The summed E-state index contributed by atoms with van der Waals surface area (Å²) in [5, 5.41) is 19.4. The second kappa shape index (κ2) is 11.7. The molecule has 0 spiro atoms. The lowest BCUT2D eigenvalue weighted by Crippen LogP contribution is -2.46. The molecule has 0 fully saturated rings. The minimum absolute atomic E-state index is 0.0880. The third-order valence-electron chi connectivity index (χ3n) is 3.03. The highest BCUT2D eigenvalue weighted by Gasteiger charge is 2.27. The molecule has 4 N–H and O–H groups in total. The van der Waals surface area contributed by atoms with Crippen LogP contribution in [0.25, 0.3) is 0 Å². The number of hydrogen-bond acceptors (Lipinski definition) is 5. The number of nitrogens with zero attached hydrogens (tertiary/aromatic N) is 1.